The first kappa shape index (κ1) is 13.1. The smallest absolute Gasteiger partial charge is 0.247 e. The van der Waals surface area contributed by atoms with Gasteiger partial charge in [0.15, 0.2) is 0 Å². The number of carbonyl (C=O) groups excluding carboxylic acids is 2. The summed E-state index contributed by atoms with van der Waals surface area (Å²) in [5.41, 5.74) is 0. The van der Waals surface area contributed by atoms with Crippen LogP contribution in [0, 0.1) is 0 Å². The summed E-state index contributed by atoms with van der Waals surface area (Å²) in [5, 5.41) is -0.594. The molecule has 7 heteroatoms. The molecule has 1 fully saturated rings. The molecule has 2 amide bonds. The third kappa shape index (κ3) is 2.59. The molecule has 0 aromatic carbocycles. The topological polar surface area (TPSA) is 83.6 Å². The molecule has 92 valence electrons. The number of imide groups is 1. The van der Waals surface area contributed by atoms with Crippen molar-refractivity contribution in [3.05, 3.63) is 0 Å². The van der Waals surface area contributed by atoms with Crippen LogP contribution < -0.4 is 4.72 Å². The van der Waals surface area contributed by atoms with Crippen LogP contribution in [-0.2, 0) is 19.6 Å². The number of piperidine rings is 1. The second kappa shape index (κ2) is 4.50. The van der Waals surface area contributed by atoms with E-state index in [0.717, 1.165) is 4.90 Å². The van der Waals surface area contributed by atoms with Gasteiger partial charge in [0.1, 0.15) is 6.04 Å². The zero-order valence-electron chi connectivity index (χ0n) is 9.56. The summed E-state index contributed by atoms with van der Waals surface area (Å²) < 4.78 is 25.5. The first-order valence-corrected chi connectivity index (χ1v) is 6.62. The number of carbonyl (C=O) groups is 2. The lowest BCUT2D eigenvalue weighted by Crippen LogP contribution is -2.53. The predicted octanol–water partition coefficient (Wildman–Crippen LogP) is -0.538. The summed E-state index contributed by atoms with van der Waals surface area (Å²) in [6.45, 7) is 3.06. The number of hydrogen-bond acceptors (Lipinski definition) is 4. The van der Waals surface area contributed by atoms with Crippen molar-refractivity contribution < 1.29 is 18.0 Å². The molecule has 1 aliphatic heterocycles. The number of sulfonamides is 1. The van der Waals surface area contributed by atoms with E-state index in [0.29, 0.717) is 0 Å². The molecule has 0 spiro atoms. The van der Waals surface area contributed by atoms with Crippen LogP contribution in [0.25, 0.3) is 0 Å². The lowest BCUT2D eigenvalue weighted by molar-refractivity contribution is -0.147. The van der Waals surface area contributed by atoms with E-state index in [9.17, 15) is 18.0 Å². The Balaban J connectivity index is 2.77. The maximum absolute atomic E-state index is 11.6. The van der Waals surface area contributed by atoms with Gasteiger partial charge in [0, 0.05) is 13.5 Å². The van der Waals surface area contributed by atoms with Gasteiger partial charge in [-0.15, -0.1) is 0 Å². The molecule has 1 rings (SSSR count). The highest BCUT2D eigenvalue weighted by Crippen LogP contribution is 2.13. The molecule has 0 aliphatic carbocycles. The van der Waals surface area contributed by atoms with Gasteiger partial charge in [-0.3, -0.25) is 14.5 Å². The number of amides is 2. The Hall–Kier alpha value is -0.950. The van der Waals surface area contributed by atoms with Crippen molar-refractivity contribution in [1.82, 2.24) is 9.62 Å². The van der Waals surface area contributed by atoms with E-state index < -0.39 is 27.2 Å². The average Bonchev–Trinajstić information content (AvgIpc) is 2.19. The highest BCUT2D eigenvalue weighted by Gasteiger charge is 2.34. The quantitative estimate of drug-likeness (QED) is 0.680. The second-order valence-corrected chi connectivity index (χ2v) is 6.36. The summed E-state index contributed by atoms with van der Waals surface area (Å²) in [7, 11) is -2.12. The van der Waals surface area contributed by atoms with Crippen LogP contribution in [0.4, 0.5) is 0 Å². The average molecular weight is 248 g/mol. The molecule has 0 saturated carbocycles. The van der Waals surface area contributed by atoms with E-state index in [2.05, 4.69) is 4.72 Å². The molecule has 16 heavy (non-hydrogen) atoms. The van der Waals surface area contributed by atoms with Crippen molar-refractivity contribution in [2.24, 2.45) is 0 Å². The fourth-order valence-electron chi connectivity index (χ4n) is 1.36. The summed E-state index contributed by atoms with van der Waals surface area (Å²) in [5.74, 6) is -0.759. The molecule has 1 heterocycles. The first-order valence-electron chi connectivity index (χ1n) is 5.07. The van der Waals surface area contributed by atoms with Crippen LogP contribution in [0.15, 0.2) is 0 Å². The highest BCUT2D eigenvalue weighted by atomic mass is 32.2. The van der Waals surface area contributed by atoms with Crippen molar-refractivity contribution in [3.8, 4) is 0 Å². The van der Waals surface area contributed by atoms with E-state index in [1.807, 2.05) is 0 Å². The van der Waals surface area contributed by atoms with Gasteiger partial charge in [-0.1, -0.05) is 0 Å². The van der Waals surface area contributed by atoms with Crippen LogP contribution in [0.3, 0.4) is 0 Å². The van der Waals surface area contributed by atoms with Crippen LogP contribution in [0.5, 0.6) is 0 Å². The van der Waals surface area contributed by atoms with Crippen molar-refractivity contribution >= 4 is 21.8 Å². The summed E-state index contributed by atoms with van der Waals surface area (Å²) >= 11 is 0. The highest BCUT2D eigenvalue weighted by molar-refractivity contribution is 7.90. The van der Waals surface area contributed by atoms with Crippen LogP contribution in [-0.4, -0.2) is 43.5 Å². The Morgan fingerprint density at radius 1 is 1.38 bits per heavy atom. The zero-order valence-corrected chi connectivity index (χ0v) is 10.4. The van der Waals surface area contributed by atoms with Gasteiger partial charge in [0.05, 0.1) is 5.25 Å². The second-order valence-electron chi connectivity index (χ2n) is 4.09. The SMILES string of the molecule is CC(C)S(=O)(=O)NC1CCC(=O)N(C)C1=O. The van der Waals surface area contributed by atoms with E-state index in [-0.39, 0.29) is 18.7 Å². The van der Waals surface area contributed by atoms with Crippen LogP contribution in [0.2, 0.25) is 0 Å². The van der Waals surface area contributed by atoms with Crippen molar-refractivity contribution in [1.29, 1.82) is 0 Å². The van der Waals surface area contributed by atoms with Gasteiger partial charge in [-0.25, -0.2) is 13.1 Å². The molecule has 1 aliphatic rings. The minimum atomic E-state index is -3.48. The molecule has 1 unspecified atom stereocenters. The molecule has 1 saturated heterocycles. The summed E-state index contributed by atoms with van der Waals surface area (Å²) in [4.78, 5) is 23.8. The van der Waals surface area contributed by atoms with Gasteiger partial charge in [-0.2, -0.15) is 0 Å². The molecule has 0 aromatic rings. The number of nitrogens with zero attached hydrogens (tertiary/aromatic N) is 1. The minimum Gasteiger partial charge on any atom is -0.284 e. The third-order valence-corrected chi connectivity index (χ3v) is 4.43. The number of likely N-dealkylation sites (N-methyl/N-ethyl adjacent to an activating group) is 1. The van der Waals surface area contributed by atoms with E-state index in [4.69, 9.17) is 0 Å². The molecule has 0 radical (unpaired) electrons. The molecule has 6 nitrogen and oxygen atoms in total. The Morgan fingerprint density at radius 2 is 1.94 bits per heavy atom. The van der Waals surface area contributed by atoms with E-state index >= 15 is 0 Å². The van der Waals surface area contributed by atoms with Crippen LogP contribution >= 0.6 is 0 Å². The van der Waals surface area contributed by atoms with Crippen LogP contribution in [0.1, 0.15) is 26.7 Å². The van der Waals surface area contributed by atoms with Crippen molar-refractivity contribution in [3.63, 3.8) is 0 Å². The number of nitrogens with one attached hydrogen (secondary N) is 1. The lowest BCUT2D eigenvalue weighted by atomic mass is 10.1. The fourth-order valence-corrected chi connectivity index (χ4v) is 2.25. The Kier molecular flexibility index (Phi) is 3.69. The third-order valence-electron chi connectivity index (χ3n) is 2.58. The molecule has 0 bridgehead atoms. The van der Waals surface area contributed by atoms with Crippen molar-refractivity contribution in [2.45, 2.75) is 38.0 Å². The standard InChI is InChI=1S/C9H16N2O4S/c1-6(2)16(14,15)10-7-4-5-8(12)11(3)9(7)13/h6-7,10H,4-5H2,1-3H3. The normalized spacial score (nSPS) is 23.0. The molecular formula is C9H16N2O4S. The first-order chi connectivity index (χ1) is 7.25. The maximum Gasteiger partial charge on any atom is 0.247 e. The van der Waals surface area contributed by atoms with Gasteiger partial charge < -0.3 is 0 Å². The molecule has 1 N–H and O–H groups in total. The monoisotopic (exact) mass is 248 g/mol. The Morgan fingerprint density at radius 3 is 2.44 bits per heavy atom. The summed E-state index contributed by atoms with van der Waals surface area (Å²) in [6, 6.07) is -0.810. The predicted molar refractivity (Wildman–Crippen MR) is 58.0 cm³/mol. The fraction of sp³-hybridized carbons (Fsp3) is 0.778. The van der Waals surface area contributed by atoms with Gasteiger partial charge in [0.2, 0.25) is 21.8 Å². The van der Waals surface area contributed by atoms with Gasteiger partial charge in [0.25, 0.3) is 0 Å². The van der Waals surface area contributed by atoms with E-state index in [1.54, 1.807) is 0 Å². The number of hydrogen-bond donors (Lipinski definition) is 1. The molecule has 1 atom stereocenters. The zero-order chi connectivity index (χ0) is 12.5. The maximum atomic E-state index is 11.6. The lowest BCUT2D eigenvalue weighted by Gasteiger charge is -2.28. The number of rotatable bonds is 3. The molecule has 0 aromatic heterocycles. The molecular weight excluding hydrogens is 232 g/mol. The largest absolute Gasteiger partial charge is 0.284 e. The minimum absolute atomic E-state index is 0.188. The number of likely N-dealkylation sites (tertiary alicyclic amines) is 1. The van der Waals surface area contributed by atoms with Gasteiger partial charge >= 0.3 is 0 Å². The van der Waals surface area contributed by atoms with E-state index in [1.165, 1.54) is 20.9 Å². The Labute approximate surface area is 95.0 Å². The van der Waals surface area contributed by atoms with Gasteiger partial charge in [-0.05, 0) is 20.3 Å². The summed E-state index contributed by atoms with van der Waals surface area (Å²) in [6.07, 6.45) is 0.418. The van der Waals surface area contributed by atoms with Crippen molar-refractivity contribution in [2.75, 3.05) is 7.05 Å². The Bertz CT molecular complexity index is 402.